The maximum atomic E-state index is 13.3. The summed E-state index contributed by atoms with van der Waals surface area (Å²) in [5.41, 5.74) is 4.83. The van der Waals surface area contributed by atoms with E-state index in [4.69, 9.17) is 0 Å². The van der Waals surface area contributed by atoms with Crippen molar-refractivity contribution in [3.8, 4) is 0 Å². The number of carbonyl (C=O) groups is 3. The summed E-state index contributed by atoms with van der Waals surface area (Å²) in [7, 11) is 0. The number of anilines is 1. The number of rotatable bonds is 2. The van der Waals surface area contributed by atoms with Crippen molar-refractivity contribution >= 4 is 23.4 Å². The molecule has 6 nitrogen and oxygen atoms in total. The molecule has 1 fully saturated rings. The summed E-state index contributed by atoms with van der Waals surface area (Å²) in [6.45, 7) is 4.79. The van der Waals surface area contributed by atoms with Crippen molar-refractivity contribution in [1.82, 2.24) is 10.2 Å². The monoisotopic (exact) mass is 377 g/mol. The number of hydrogen-bond acceptors (Lipinski definition) is 3. The molecule has 28 heavy (non-hydrogen) atoms. The molecule has 0 aliphatic carbocycles. The number of nitrogens with one attached hydrogen (secondary N) is 2. The van der Waals surface area contributed by atoms with Crippen LogP contribution in [-0.2, 0) is 4.79 Å². The first kappa shape index (κ1) is 18.2. The van der Waals surface area contributed by atoms with Gasteiger partial charge < -0.3 is 15.5 Å². The summed E-state index contributed by atoms with van der Waals surface area (Å²) >= 11 is 0. The lowest BCUT2D eigenvalue weighted by Gasteiger charge is -2.28. The number of fused-ring (bicyclic) bond motifs is 1. The lowest BCUT2D eigenvalue weighted by Crippen LogP contribution is -2.31. The molecule has 6 heteroatoms. The summed E-state index contributed by atoms with van der Waals surface area (Å²) in [6.07, 6.45) is 1.88. The highest BCUT2D eigenvalue weighted by molar-refractivity contribution is 6.10. The van der Waals surface area contributed by atoms with E-state index in [9.17, 15) is 14.4 Å². The molecule has 2 aromatic rings. The van der Waals surface area contributed by atoms with E-state index < -0.39 is 0 Å². The number of nitrogens with zero attached hydrogens (tertiary/aromatic N) is 1. The van der Waals surface area contributed by atoms with Crippen LogP contribution in [0.25, 0.3) is 0 Å². The zero-order valence-corrected chi connectivity index (χ0v) is 16.0. The fourth-order valence-electron chi connectivity index (χ4n) is 4.26. The highest BCUT2D eigenvalue weighted by Gasteiger charge is 2.33. The number of benzene rings is 2. The summed E-state index contributed by atoms with van der Waals surface area (Å²) < 4.78 is 0. The van der Waals surface area contributed by atoms with Gasteiger partial charge in [0, 0.05) is 12.1 Å². The lowest BCUT2D eigenvalue weighted by molar-refractivity contribution is -0.115. The molecule has 0 spiro atoms. The fourth-order valence-corrected chi connectivity index (χ4v) is 4.26. The second-order valence-electron chi connectivity index (χ2n) is 7.45. The van der Waals surface area contributed by atoms with Crippen LogP contribution in [0.5, 0.6) is 0 Å². The Hall–Kier alpha value is -3.15. The quantitative estimate of drug-likeness (QED) is 0.845. The minimum atomic E-state index is -0.318. The third kappa shape index (κ3) is 3.15. The highest BCUT2D eigenvalue weighted by atomic mass is 16.2. The molecule has 144 valence electrons. The molecule has 2 aromatic carbocycles. The zero-order valence-electron chi connectivity index (χ0n) is 16.0. The predicted molar refractivity (Wildman–Crippen MR) is 106 cm³/mol. The molecule has 2 heterocycles. The van der Waals surface area contributed by atoms with Crippen LogP contribution in [0.15, 0.2) is 36.4 Å². The average molecular weight is 377 g/mol. The molecule has 1 unspecified atom stereocenters. The highest BCUT2D eigenvalue weighted by Crippen LogP contribution is 2.37. The molecular formula is C22H23N3O3. The van der Waals surface area contributed by atoms with Crippen LogP contribution < -0.4 is 10.6 Å². The molecular weight excluding hydrogens is 354 g/mol. The van der Waals surface area contributed by atoms with Crippen molar-refractivity contribution in [2.75, 3.05) is 18.4 Å². The Balaban J connectivity index is 1.68. The van der Waals surface area contributed by atoms with Crippen molar-refractivity contribution in [2.24, 2.45) is 0 Å². The smallest absolute Gasteiger partial charge is 0.254 e. The van der Waals surface area contributed by atoms with Gasteiger partial charge >= 0.3 is 0 Å². The normalized spacial score (nSPS) is 18.9. The minimum Gasteiger partial charge on any atom is -0.343 e. The molecule has 0 saturated carbocycles. The van der Waals surface area contributed by atoms with Gasteiger partial charge in [-0.1, -0.05) is 18.2 Å². The van der Waals surface area contributed by atoms with E-state index in [0.29, 0.717) is 23.4 Å². The van der Waals surface area contributed by atoms with E-state index in [1.807, 2.05) is 11.0 Å². The Morgan fingerprint density at radius 2 is 1.86 bits per heavy atom. The van der Waals surface area contributed by atoms with Crippen LogP contribution in [0.3, 0.4) is 0 Å². The van der Waals surface area contributed by atoms with Gasteiger partial charge in [0.15, 0.2) is 0 Å². The van der Waals surface area contributed by atoms with Gasteiger partial charge in [0.2, 0.25) is 5.91 Å². The first-order valence-corrected chi connectivity index (χ1v) is 9.55. The van der Waals surface area contributed by atoms with Crippen molar-refractivity contribution in [1.29, 1.82) is 0 Å². The van der Waals surface area contributed by atoms with Crippen molar-refractivity contribution in [2.45, 2.75) is 32.7 Å². The predicted octanol–water partition coefficient (Wildman–Crippen LogP) is 2.96. The first-order chi connectivity index (χ1) is 13.5. The van der Waals surface area contributed by atoms with E-state index >= 15 is 0 Å². The standard InChI is InChI=1S/C22H23N3O3/c1-13-5-3-6-14(2)20(13)18-7-4-10-25(18)22(28)15-8-9-16-17(11-15)24-19(26)12-23-21(16)27/h3,5-6,8-9,11,18H,4,7,10,12H2,1-2H3,(H,23,27)(H,24,26). The maximum absolute atomic E-state index is 13.3. The van der Waals surface area contributed by atoms with Gasteiger partial charge in [-0.25, -0.2) is 0 Å². The van der Waals surface area contributed by atoms with Crippen molar-refractivity contribution in [3.63, 3.8) is 0 Å². The molecule has 0 aromatic heterocycles. The number of aryl methyl sites for hydroxylation is 2. The van der Waals surface area contributed by atoms with Gasteiger partial charge in [-0.3, -0.25) is 14.4 Å². The molecule has 3 amide bonds. The Morgan fingerprint density at radius 1 is 1.11 bits per heavy atom. The molecule has 2 aliphatic heterocycles. The Bertz CT molecular complexity index is 963. The topological polar surface area (TPSA) is 78.5 Å². The zero-order chi connectivity index (χ0) is 19.8. The van der Waals surface area contributed by atoms with Gasteiger partial charge in [-0.2, -0.15) is 0 Å². The van der Waals surface area contributed by atoms with Gasteiger partial charge in [0.05, 0.1) is 23.8 Å². The molecule has 0 bridgehead atoms. The van der Waals surface area contributed by atoms with Crippen LogP contribution >= 0.6 is 0 Å². The first-order valence-electron chi connectivity index (χ1n) is 9.55. The number of hydrogen-bond donors (Lipinski definition) is 2. The minimum absolute atomic E-state index is 0.0467. The summed E-state index contributed by atoms with van der Waals surface area (Å²) in [6, 6.07) is 11.1. The largest absolute Gasteiger partial charge is 0.343 e. The summed E-state index contributed by atoms with van der Waals surface area (Å²) in [4.78, 5) is 39.1. The number of likely N-dealkylation sites (tertiary alicyclic amines) is 1. The van der Waals surface area contributed by atoms with E-state index in [2.05, 4.69) is 36.6 Å². The number of carbonyl (C=O) groups excluding carboxylic acids is 3. The van der Waals surface area contributed by atoms with Crippen molar-refractivity contribution in [3.05, 3.63) is 64.2 Å². The van der Waals surface area contributed by atoms with E-state index in [1.54, 1.807) is 18.2 Å². The Labute approximate surface area is 163 Å². The molecule has 1 saturated heterocycles. The average Bonchev–Trinajstić information content (AvgIpc) is 3.09. The molecule has 4 rings (SSSR count). The molecule has 2 aliphatic rings. The van der Waals surface area contributed by atoms with Gasteiger partial charge in [0.1, 0.15) is 0 Å². The maximum Gasteiger partial charge on any atom is 0.254 e. The van der Waals surface area contributed by atoms with Gasteiger partial charge in [-0.05, 0) is 61.6 Å². The van der Waals surface area contributed by atoms with E-state index in [1.165, 1.54) is 16.7 Å². The van der Waals surface area contributed by atoms with Gasteiger partial charge in [-0.15, -0.1) is 0 Å². The van der Waals surface area contributed by atoms with E-state index in [0.717, 1.165) is 12.8 Å². The Kier molecular flexibility index (Phi) is 4.63. The summed E-state index contributed by atoms with van der Waals surface area (Å²) in [5.74, 6) is -0.694. The second kappa shape index (κ2) is 7.11. The Morgan fingerprint density at radius 3 is 2.61 bits per heavy atom. The fraction of sp³-hybridized carbons (Fsp3) is 0.318. The number of amides is 3. The molecule has 2 N–H and O–H groups in total. The molecule has 1 atom stereocenters. The van der Waals surface area contributed by atoms with E-state index in [-0.39, 0.29) is 30.3 Å². The second-order valence-corrected chi connectivity index (χ2v) is 7.45. The van der Waals surface area contributed by atoms with Crippen LogP contribution in [0.2, 0.25) is 0 Å². The lowest BCUT2D eigenvalue weighted by atomic mass is 9.94. The van der Waals surface area contributed by atoms with Crippen molar-refractivity contribution < 1.29 is 14.4 Å². The van der Waals surface area contributed by atoms with Crippen LogP contribution in [-0.4, -0.2) is 35.7 Å². The third-order valence-electron chi connectivity index (χ3n) is 5.58. The van der Waals surface area contributed by atoms with Crippen LogP contribution in [0.4, 0.5) is 5.69 Å². The van der Waals surface area contributed by atoms with Gasteiger partial charge in [0.25, 0.3) is 11.8 Å². The third-order valence-corrected chi connectivity index (χ3v) is 5.58. The SMILES string of the molecule is Cc1cccc(C)c1C1CCCN1C(=O)c1ccc2c(c1)NC(=O)CNC2=O. The van der Waals surface area contributed by atoms with Crippen LogP contribution in [0, 0.1) is 13.8 Å². The molecule has 0 radical (unpaired) electrons. The van der Waals surface area contributed by atoms with Crippen LogP contribution in [0.1, 0.15) is 56.3 Å². The summed E-state index contributed by atoms with van der Waals surface area (Å²) in [5, 5.41) is 5.26.